The number of ketones is 1. The van der Waals surface area contributed by atoms with Gasteiger partial charge in [0.2, 0.25) is 0 Å². The highest BCUT2D eigenvalue weighted by Crippen LogP contribution is 2.27. The predicted molar refractivity (Wildman–Crippen MR) is 78.3 cm³/mol. The Hall–Kier alpha value is -2.44. The largest absolute Gasteiger partial charge is 0.418 e. The molecule has 0 aliphatic rings. The van der Waals surface area contributed by atoms with E-state index in [0.29, 0.717) is 17.8 Å². The molecule has 122 valence electrons. The van der Waals surface area contributed by atoms with Crippen LogP contribution in [0.3, 0.4) is 0 Å². The molecule has 0 atom stereocenters. The van der Waals surface area contributed by atoms with E-state index in [0.717, 1.165) is 23.1 Å². The minimum Gasteiger partial charge on any atom is -0.292 e. The molecule has 0 saturated carbocycles. The minimum absolute atomic E-state index is 0.387. The second-order valence-corrected chi connectivity index (χ2v) is 5.11. The number of hydrogen-bond donors (Lipinski definition) is 0. The summed E-state index contributed by atoms with van der Waals surface area (Å²) >= 11 is 0. The Morgan fingerprint density at radius 2 is 1.87 bits per heavy atom. The summed E-state index contributed by atoms with van der Waals surface area (Å²) in [6.45, 7) is 1.64. The molecule has 0 N–H and O–H groups in total. The van der Waals surface area contributed by atoms with Crippen molar-refractivity contribution in [3.63, 3.8) is 0 Å². The van der Waals surface area contributed by atoms with E-state index in [4.69, 9.17) is 0 Å². The van der Waals surface area contributed by atoms with Gasteiger partial charge >= 0.3 is 6.18 Å². The molecule has 2 aromatic rings. The SMILES string of the molecule is CCCc1ccc(C(=O)Cn2ncc(C(F)(F)F)cc2=O)cc1. The maximum Gasteiger partial charge on any atom is 0.418 e. The first-order valence-corrected chi connectivity index (χ1v) is 7.07. The third kappa shape index (κ3) is 4.28. The van der Waals surface area contributed by atoms with Crippen LogP contribution < -0.4 is 5.56 Å². The van der Waals surface area contributed by atoms with Crippen molar-refractivity contribution in [2.24, 2.45) is 0 Å². The topological polar surface area (TPSA) is 52.0 Å². The van der Waals surface area contributed by atoms with Gasteiger partial charge < -0.3 is 0 Å². The lowest BCUT2D eigenvalue weighted by molar-refractivity contribution is -0.138. The zero-order valence-electron chi connectivity index (χ0n) is 12.4. The van der Waals surface area contributed by atoms with Crippen molar-refractivity contribution < 1.29 is 18.0 Å². The lowest BCUT2D eigenvalue weighted by Crippen LogP contribution is -2.27. The summed E-state index contributed by atoms with van der Waals surface area (Å²) in [5.41, 5.74) is -0.613. The monoisotopic (exact) mass is 324 g/mol. The summed E-state index contributed by atoms with van der Waals surface area (Å²) in [5, 5.41) is 3.42. The Morgan fingerprint density at radius 1 is 1.22 bits per heavy atom. The maximum absolute atomic E-state index is 12.5. The quantitative estimate of drug-likeness (QED) is 0.794. The summed E-state index contributed by atoms with van der Waals surface area (Å²) in [5.74, 6) is -0.387. The Balaban J connectivity index is 2.15. The summed E-state index contributed by atoms with van der Waals surface area (Å²) < 4.78 is 38.1. The standard InChI is InChI=1S/C16H15F3N2O2/c1-2-3-11-4-6-12(7-5-11)14(22)10-21-15(23)8-13(9-20-21)16(17,18)19/h4-9H,2-3,10H2,1H3. The van der Waals surface area contributed by atoms with Crippen LogP contribution in [-0.2, 0) is 19.1 Å². The lowest BCUT2D eigenvalue weighted by atomic mass is 10.1. The van der Waals surface area contributed by atoms with Gasteiger partial charge in [0.15, 0.2) is 5.78 Å². The van der Waals surface area contributed by atoms with Crippen molar-refractivity contribution in [3.8, 4) is 0 Å². The van der Waals surface area contributed by atoms with E-state index in [1.807, 2.05) is 19.1 Å². The number of aryl methyl sites for hydroxylation is 1. The average Bonchev–Trinajstić information content (AvgIpc) is 2.49. The van der Waals surface area contributed by atoms with Crippen LogP contribution in [0.15, 0.2) is 41.3 Å². The number of carbonyl (C=O) groups excluding carboxylic acids is 1. The second kappa shape index (κ2) is 6.76. The molecule has 0 spiro atoms. The van der Waals surface area contributed by atoms with Gasteiger partial charge in [-0.05, 0) is 12.0 Å². The van der Waals surface area contributed by atoms with Gasteiger partial charge in [0.05, 0.1) is 11.8 Å². The van der Waals surface area contributed by atoms with Crippen molar-refractivity contribution in [1.29, 1.82) is 0 Å². The van der Waals surface area contributed by atoms with Gasteiger partial charge in [-0.2, -0.15) is 18.3 Å². The minimum atomic E-state index is -4.63. The van der Waals surface area contributed by atoms with E-state index in [2.05, 4.69) is 5.10 Å². The molecule has 7 heteroatoms. The van der Waals surface area contributed by atoms with Crippen molar-refractivity contribution in [2.45, 2.75) is 32.5 Å². The molecule has 0 aliphatic carbocycles. The number of halogens is 3. The molecule has 0 amide bonds. The van der Waals surface area contributed by atoms with Crippen LogP contribution in [0.25, 0.3) is 0 Å². The van der Waals surface area contributed by atoms with E-state index in [1.54, 1.807) is 12.1 Å². The molecule has 0 fully saturated rings. The molecule has 0 radical (unpaired) electrons. The van der Waals surface area contributed by atoms with Crippen molar-refractivity contribution in [2.75, 3.05) is 0 Å². The first kappa shape index (κ1) is 16.9. The summed E-state index contributed by atoms with van der Waals surface area (Å²) in [4.78, 5) is 23.7. The highest BCUT2D eigenvalue weighted by Gasteiger charge is 2.31. The fourth-order valence-electron chi connectivity index (χ4n) is 2.08. The smallest absolute Gasteiger partial charge is 0.292 e. The fourth-order valence-corrected chi connectivity index (χ4v) is 2.08. The predicted octanol–water partition coefficient (Wildman–Crippen LogP) is 3.10. The number of alkyl halides is 3. The Bertz CT molecular complexity index is 749. The molecular weight excluding hydrogens is 309 g/mol. The van der Waals surface area contributed by atoms with E-state index in [9.17, 15) is 22.8 Å². The lowest BCUT2D eigenvalue weighted by Gasteiger charge is -2.08. The van der Waals surface area contributed by atoms with Crippen LogP contribution in [-0.4, -0.2) is 15.6 Å². The third-order valence-corrected chi connectivity index (χ3v) is 3.30. The Kier molecular flexibility index (Phi) is 4.98. The van der Waals surface area contributed by atoms with Crippen molar-refractivity contribution in [1.82, 2.24) is 9.78 Å². The van der Waals surface area contributed by atoms with Crippen LogP contribution in [0.1, 0.15) is 34.8 Å². The second-order valence-electron chi connectivity index (χ2n) is 5.11. The molecule has 1 heterocycles. The molecule has 4 nitrogen and oxygen atoms in total. The van der Waals surface area contributed by atoms with Gasteiger partial charge in [0.1, 0.15) is 6.54 Å². The van der Waals surface area contributed by atoms with Crippen LogP contribution in [0.4, 0.5) is 13.2 Å². The average molecular weight is 324 g/mol. The number of nitrogens with zero attached hydrogens (tertiary/aromatic N) is 2. The summed E-state index contributed by atoms with van der Waals surface area (Å²) in [7, 11) is 0. The Morgan fingerprint density at radius 3 is 2.39 bits per heavy atom. The maximum atomic E-state index is 12.5. The summed E-state index contributed by atoms with van der Waals surface area (Å²) in [6.07, 6.45) is -2.21. The zero-order chi connectivity index (χ0) is 17.0. The van der Waals surface area contributed by atoms with E-state index in [1.165, 1.54) is 0 Å². The summed E-state index contributed by atoms with van der Waals surface area (Å²) in [6, 6.07) is 7.36. The number of rotatable bonds is 5. The van der Waals surface area contributed by atoms with Crippen LogP contribution in [0.2, 0.25) is 0 Å². The fraction of sp³-hybridized carbons (Fsp3) is 0.312. The van der Waals surface area contributed by atoms with Crippen molar-refractivity contribution in [3.05, 3.63) is 63.6 Å². The molecule has 2 rings (SSSR count). The van der Waals surface area contributed by atoms with Gasteiger partial charge in [-0.3, -0.25) is 9.59 Å². The highest BCUT2D eigenvalue weighted by molar-refractivity contribution is 5.95. The molecule has 23 heavy (non-hydrogen) atoms. The first-order valence-electron chi connectivity index (χ1n) is 7.07. The van der Waals surface area contributed by atoms with Crippen LogP contribution in [0, 0.1) is 0 Å². The van der Waals surface area contributed by atoms with Crippen LogP contribution in [0.5, 0.6) is 0 Å². The Labute approximate surface area is 130 Å². The van der Waals surface area contributed by atoms with Crippen LogP contribution >= 0.6 is 0 Å². The van der Waals surface area contributed by atoms with Gasteiger partial charge in [-0.1, -0.05) is 37.6 Å². The third-order valence-electron chi connectivity index (χ3n) is 3.30. The number of hydrogen-bond acceptors (Lipinski definition) is 3. The molecule has 0 bridgehead atoms. The van der Waals surface area contributed by atoms with Gasteiger partial charge in [0.25, 0.3) is 5.56 Å². The molecular formula is C16H15F3N2O2. The number of aromatic nitrogens is 2. The number of benzene rings is 1. The molecule has 0 unspecified atom stereocenters. The zero-order valence-corrected chi connectivity index (χ0v) is 12.4. The first-order chi connectivity index (χ1) is 10.8. The number of Topliss-reactive ketones (excluding diaryl/α,β-unsaturated/α-hetero) is 1. The number of carbonyl (C=O) groups is 1. The molecule has 1 aromatic carbocycles. The van der Waals surface area contributed by atoms with E-state index < -0.39 is 23.8 Å². The molecule has 1 aromatic heterocycles. The normalized spacial score (nSPS) is 11.5. The van der Waals surface area contributed by atoms with Gasteiger partial charge in [-0.15, -0.1) is 0 Å². The molecule has 0 aliphatic heterocycles. The van der Waals surface area contributed by atoms with Gasteiger partial charge in [-0.25, -0.2) is 4.68 Å². The van der Waals surface area contributed by atoms with E-state index in [-0.39, 0.29) is 5.78 Å². The van der Waals surface area contributed by atoms with E-state index >= 15 is 0 Å². The molecule has 0 saturated heterocycles. The van der Waals surface area contributed by atoms with Gasteiger partial charge in [0, 0.05) is 11.6 Å². The van der Waals surface area contributed by atoms with Crippen molar-refractivity contribution >= 4 is 5.78 Å². The highest BCUT2D eigenvalue weighted by atomic mass is 19.4.